The lowest BCUT2D eigenvalue weighted by molar-refractivity contribution is -0.143. The zero-order chi connectivity index (χ0) is 28.6. The average Bonchev–Trinajstić information content (AvgIpc) is 3.33. The monoisotopic (exact) mass is 556 g/mol. The molecule has 2 aromatic carbocycles. The number of nitrogens with one attached hydrogen (secondary N) is 1. The van der Waals surface area contributed by atoms with Gasteiger partial charge in [0.25, 0.3) is 0 Å². The number of nitrogens with zero attached hydrogens (tertiary/aromatic N) is 2. The maximum absolute atomic E-state index is 13.4. The number of carbonyl (C=O) groups excluding carboxylic acids is 1. The number of aromatic nitrogens is 3. The summed E-state index contributed by atoms with van der Waals surface area (Å²) >= 11 is 0. The van der Waals surface area contributed by atoms with Gasteiger partial charge in [-0.1, -0.05) is 30.3 Å². The molecular weight excluding hydrogens is 530 g/mol. The minimum absolute atomic E-state index is 0.0646. The molecule has 0 radical (unpaired) electrons. The molecule has 1 atom stereocenters. The highest BCUT2D eigenvalue weighted by Crippen LogP contribution is 2.47. The molecule has 0 aliphatic heterocycles. The fourth-order valence-electron chi connectivity index (χ4n) is 5.20. The van der Waals surface area contributed by atoms with Crippen LogP contribution < -0.4 is 11.4 Å². The number of H-pyrrole nitrogens is 1. The van der Waals surface area contributed by atoms with Gasteiger partial charge < -0.3 is 10.5 Å². The Morgan fingerprint density at radius 1 is 1.03 bits per heavy atom. The van der Waals surface area contributed by atoms with E-state index in [9.17, 15) is 35.9 Å². The fourth-order valence-corrected chi connectivity index (χ4v) is 5.20. The highest BCUT2D eigenvalue weighted by molar-refractivity contribution is 5.83. The van der Waals surface area contributed by atoms with Crippen molar-refractivity contribution >= 4 is 5.91 Å². The van der Waals surface area contributed by atoms with E-state index >= 15 is 0 Å². The summed E-state index contributed by atoms with van der Waals surface area (Å²) in [5.41, 5.74) is 0.727. The number of carbonyl (C=O) groups is 1. The molecule has 0 unspecified atom stereocenters. The van der Waals surface area contributed by atoms with Crippen molar-refractivity contribution < 1.29 is 35.9 Å². The van der Waals surface area contributed by atoms with Gasteiger partial charge in [-0.05, 0) is 61.9 Å². The molecule has 1 aromatic heterocycles. The standard InChI is InChI=1S/C26H26F6N4O3/c1-16(17-11-19(25(27,28)29)13-20(12-17)26(30,31)32)39-14-23(18-5-3-2-4-6-18)7-9-24(10-8-23,21(33)37)36-15-34-35-22(36)38/h2-6,11-13,15-16H,7-10,14H2,1H3,(H2,33,37)(H,35,38)/t16-,23?,24?/m1/s1. The Morgan fingerprint density at radius 2 is 1.59 bits per heavy atom. The van der Waals surface area contributed by atoms with Crippen molar-refractivity contribution in [2.45, 2.75) is 62.0 Å². The predicted octanol–water partition coefficient (Wildman–Crippen LogP) is 5.08. The Morgan fingerprint density at radius 3 is 2.05 bits per heavy atom. The largest absolute Gasteiger partial charge is 0.416 e. The summed E-state index contributed by atoms with van der Waals surface area (Å²) in [7, 11) is 0. The Hall–Kier alpha value is -3.61. The molecule has 1 amide bonds. The molecule has 1 aliphatic rings. The molecule has 210 valence electrons. The van der Waals surface area contributed by atoms with Crippen LogP contribution in [0.3, 0.4) is 0 Å². The number of nitrogens with two attached hydrogens (primary N) is 1. The van der Waals surface area contributed by atoms with Gasteiger partial charge in [-0.15, -0.1) is 0 Å². The van der Waals surface area contributed by atoms with Crippen molar-refractivity contribution in [3.63, 3.8) is 0 Å². The molecule has 1 saturated carbocycles. The molecule has 39 heavy (non-hydrogen) atoms. The molecule has 3 N–H and O–H groups in total. The van der Waals surface area contributed by atoms with E-state index in [-0.39, 0.29) is 31.1 Å². The fraction of sp³-hybridized carbons (Fsp3) is 0.423. The number of benzene rings is 2. The van der Waals surface area contributed by atoms with E-state index in [0.717, 1.165) is 10.1 Å². The third-order valence-corrected chi connectivity index (χ3v) is 7.58. The topological polar surface area (TPSA) is 103 Å². The molecule has 0 spiro atoms. The Labute approximate surface area is 219 Å². The minimum Gasteiger partial charge on any atom is -0.373 e. The highest BCUT2D eigenvalue weighted by Gasteiger charge is 2.49. The molecule has 7 nitrogen and oxygen atoms in total. The van der Waals surface area contributed by atoms with Crippen LogP contribution in [-0.2, 0) is 32.8 Å². The van der Waals surface area contributed by atoms with Crippen LogP contribution >= 0.6 is 0 Å². The van der Waals surface area contributed by atoms with Crippen LogP contribution in [0.2, 0.25) is 0 Å². The van der Waals surface area contributed by atoms with Crippen molar-refractivity contribution in [1.29, 1.82) is 0 Å². The van der Waals surface area contributed by atoms with Crippen LogP contribution in [0.15, 0.2) is 59.7 Å². The lowest BCUT2D eigenvalue weighted by Gasteiger charge is -2.45. The molecule has 3 aromatic rings. The quantitative estimate of drug-likeness (QED) is 0.396. The Balaban J connectivity index is 1.64. The van der Waals surface area contributed by atoms with Gasteiger partial charge in [-0.2, -0.15) is 31.4 Å². The molecular formula is C26H26F6N4O3. The third kappa shape index (κ3) is 5.58. The number of halogens is 6. The Bertz CT molecular complexity index is 1340. The SMILES string of the molecule is C[C@@H](OCC1(c2ccccc2)CCC(C(N)=O)(n2cn[nH]c2=O)CC1)c1cc(C(F)(F)F)cc(C(F)(F)F)c1. The number of primary amides is 1. The maximum Gasteiger partial charge on any atom is 0.416 e. The lowest BCUT2D eigenvalue weighted by Crippen LogP contribution is -2.55. The summed E-state index contributed by atoms with van der Waals surface area (Å²) in [5.74, 6) is -0.717. The zero-order valence-electron chi connectivity index (χ0n) is 20.8. The van der Waals surface area contributed by atoms with Gasteiger partial charge in [0, 0.05) is 5.41 Å². The third-order valence-electron chi connectivity index (χ3n) is 7.58. The van der Waals surface area contributed by atoms with Crippen LogP contribution in [0.4, 0.5) is 26.3 Å². The predicted molar refractivity (Wildman–Crippen MR) is 127 cm³/mol. The first-order valence-corrected chi connectivity index (χ1v) is 12.1. The van der Waals surface area contributed by atoms with Gasteiger partial charge in [-0.3, -0.25) is 9.36 Å². The smallest absolute Gasteiger partial charge is 0.373 e. The first kappa shape index (κ1) is 28.4. The number of hydrogen-bond donors (Lipinski definition) is 2. The van der Waals surface area contributed by atoms with Crippen molar-refractivity contribution in [2.24, 2.45) is 5.73 Å². The summed E-state index contributed by atoms with van der Waals surface area (Å²) in [6.45, 7) is 1.32. The van der Waals surface area contributed by atoms with Gasteiger partial charge in [0.2, 0.25) is 5.91 Å². The van der Waals surface area contributed by atoms with Gasteiger partial charge in [-0.25, -0.2) is 9.89 Å². The molecule has 4 rings (SSSR count). The normalized spacial score (nSPS) is 22.9. The van der Waals surface area contributed by atoms with Gasteiger partial charge in [0.15, 0.2) is 0 Å². The van der Waals surface area contributed by atoms with E-state index in [1.54, 1.807) is 18.2 Å². The first-order chi connectivity index (χ1) is 18.2. The second-order valence-electron chi connectivity index (χ2n) is 9.87. The van der Waals surface area contributed by atoms with Crippen molar-refractivity contribution in [3.8, 4) is 0 Å². The Kier molecular flexibility index (Phi) is 7.41. The highest BCUT2D eigenvalue weighted by atomic mass is 19.4. The first-order valence-electron chi connectivity index (χ1n) is 12.1. The van der Waals surface area contributed by atoms with Crippen molar-refractivity contribution in [1.82, 2.24) is 14.8 Å². The van der Waals surface area contributed by atoms with Crippen molar-refractivity contribution in [3.05, 3.63) is 87.6 Å². The van der Waals surface area contributed by atoms with E-state index in [0.29, 0.717) is 25.0 Å². The second-order valence-corrected chi connectivity index (χ2v) is 9.87. The van der Waals surface area contributed by atoms with Crippen LogP contribution in [0.25, 0.3) is 0 Å². The molecule has 0 saturated heterocycles. The van der Waals surface area contributed by atoms with Crippen LogP contribution in [0.5, 0.6) is 0 Å². The number of alkyl halides is 6. The van der Waals surface area contributed by atoms with E-state index < -0.39 is 52.1 Å². The number of aromatic amines is 1. The van der Waals surface area contributed by atoms with E-state index in [2.05, 4.69) is 10.2 Å². The van der Waals surface area contributed by atoms with Crippen molar-refractivity contribution in [2.75, 3.05) is 6.61 Å². The zero-order valence-corrected chi connectivity index (χ0v) is 20.8. The van der Waals surface area contributed by atoms with E-state index in [1.165, 1.54) is 13.3 Å². The number of ether oxygens (including phenoxy) is 1. The number of hydrogen-bond acceptors (Lipinski definition) is 4. The summed E-state index contributed by atoms with van der Waals surface area (Å²) in [5, 5.41) is 5.94. The van der Waals surface area contributed by atoms with E-state index in [1.807, 2.05) is 12.1 Å². The second kappa shape index (κ2) is 10.2. The van der Waals surface area contributed by atoms with Crippen LogP contribution in [-0.4, -0.2) is 27.3 Å². The molecule has 1 aliphatic carbocycles. The molecule has 0 bridgehead atoms. The average molecular weight is 557 g/mol. The number of amides is 1. The van der Waals surface area contributed by atoms with Gasteiger partial charge in [0.05, 0.1) is 23.8 Å². The summed E-state index contributed by atoms with van der Waals surface area (Å²) in [4.78, 5) is 24.8. The molecule has 1 heterocycles. The van der Waals surface area contributed by atoms with Crippen LogP contribution in [0.1, 0.15) is 61.0 Å². The summed E-state index contributed by atoms with van der Waals surface area (Å²) in [6.07, 6.45) is -9.02. The molecule has 1 fully saturated rings. The maximum atomic E-state index is 13.4. The van der Waals surface area contributed by atoms with Gasteiger partial charge in [0.1, 0.15) is 11.9 Å². The summed E-state index contributed by atoms with van der Waals surface area (Å²) < 4.78 is 87.3. The number of rotatable bonds is 7. The lowest BCUT2D eigenvalue weighted by atomic mass is 9.64. The minimum atomic E-state index is -4.98. The summed E-state index contributed by atoms with van der Waals surface area (Å²) in [6, 6.07) is 10.4. The molecule has 13 heteroatoms. The van der Waals surface area contributed by atoms with E-state index in [4.69, 9.17) is 10.5 Å². The van der Waals surface area contributed by atoms with Gasteiger partial charge >= 0.3 is 18.0 Å². The van der Waals surface area contributed by atoms with Crippen LogP contribution in [0, 0.1) is 0 Å².